The first-order valence-corrected chi connectivity index (χ1v) is 8.12. The van der Waals surface area contributed by atoms with Crippen molar-refractivity contribution in [1.82, 2.24) is 4.72 Å². The molecule has 0 aliphatic heterocycles. The predicted molar refractivity (Wildman–Crippen MR) is 75.0 cm³/mol. The van der Waals surface area contributed by atoms with Crippen LogP contribution in [0.3, 0.4) is 0 Å². The van der Waals surface area contributed by atoms with Gasteiger partial charge in [-0.2, -0.15) is 0 Å². The second-order valence-electron chi connectivity index (χ2n) is 5.37. The van der Waals surface area contributed by atoms with Gasteiger partial charge in [-0.15, -0.1) is 0 Å². The highest BCUT2D eigenvalue weighted by Crippen LogP contribution is 2.28. The number of benzene rings is 1. The van der Waals surface area contributed by atoms with Crippen LogP contribution in [0, 0.1) is 19.8 Å². The molecule has 6 heteroatoms. The molecule has 0 spiro atoms. The zero-order valence-electron chi connectivity index (χ0n) is 11.6. The molecule has 1 aliphatic carbocycles. The zero-order chi connectivity index (χ0) is 14.9. The van der Waals surface area contributed by atoms with E-state index < -0.39 is 28.0 Å². The SMILES string of the molecule is Cc1ccc(S(=O)(=O)NC2CCCC2C(=O)O)c(C)c1. The summed E-state index contributed by atoms with van der Waals surface area (Å²) >= 11 is 0. The van der Waals surface area contributed by atoms with E-state index in [0.717, 1.165) is 12.0 Å². The summed E-state index contributed by atoms with van der Waals surface area (Å²) in [5.74, 6) is -1.56. The molecule has 0 bridgehead atoms. The average molecular weight is 297 g/mol. The van der Waals surface area contributed by atoms with Gasteiger partial charge >= 0.3 is 5.97 Å². The molecular weight excluding hydrogens is 278 g/mol. The Morgan fingerprint density at radius 2 is 2.00 bits per heavy atom. The number of sulfonamides is 1. The lowest BCUT2D eigenvalue weighted by Crippen LogP contribution is -2.40. The minimum atomic E-state index is -3.67. The molecule has 0 heterocycles. The van der Waals surface area contributed by atoms with Crippen molar-refractivity contribution in [2.45, 2.75) is 44.0 Å². The van der Waals surface area contributed by atoms with E-state index in [9.17, 15) is 13.2 Å². The summed E-state index contributed by atoms with van der Waals surface area (Å²) in [7, 11) is -3.67. The van der Waals surface area contributed by atoms with Gasteiger partial charge in [0.05, 0.1) is 10.8 Å². The Labute approximate surface area is 119 Å². The highest BCUT2D eigenvalue weighted by atomic mass is 32.2. The van der Waals surface area contributed by atoms with Gasteiger partial charge < -0.3 is 5.11 Å². The number of aryl methyl sites for hydroxylation is 2. The molecule has 1 aliphatic rings. The van der Waals surface area contributed by atoms with E-state index in [-0.39, 0.29) is 4.90 Å². The number of aliphatic carboxylic acids is 1. The van der Waals surface area contributed by atoms with Gasteiger partial charge in [-0.1, -0.05) is 24.1 Å². The minimum Gasteiger partial charge on any atom is -0.481 e. The van der Waals surface area contributed by atoms with E-state index in [1.807, 2.05) is 6.92 Å². The Kier molecular flexibility index (Phi) is 4.15. The van der Waals surface area contributed by atoms with Crippen molar-refractivity contribution in [2.75, 3.05) is 0 Å². The van der Waals surface area contributed by atoms with Crippen LogP contribution in [0.4, 0.5) is 0 Å². The fourth-order valence-corrected chi connectivity index (χ4v) is 4.30. The fourth-order valence-electron chi connectivity index (χ4n) is 2.76. The molecule has 0 saturated heterocycles. The molecule has 2 rings (SSSR count). The van der Waals surface area contributed by atoms with Crippen LogP contribution in [0.25, 0.3) is 0 Å². The molecule has 2 atom stereocenters. The van der Waals surface area contributed by atoms with Gasteiger partial charge in [0.25, 0.3) is 0 Å². The molecule has 2 N–H and O–H groups in total. The third-order valence-corrected chi connectivity index (χ3v) is 5.41. The second kappa shape index (κ2) is 5.54. The van der Waals surface area contributed by atoms with Crippen LogP contribution in [0.1, 0.15) is 30.4 Å². The molecule has 0 aromatic heterocycles. The molecule has 0 radical (unpaired) electrons. The van der Waals surface area contributed by atoms with Crippen molar-refractivity contribution in [1.29, 1.82) is 0 Å². The summed E-state index contributed by atoms with van der Waals surface area (Å²) in [6, 6.07) is 4.60. The van der Waals surface area contributed by atoms with E-state index in [1.54, 1.807) is 25.1 Å². The van der Waals surface area contributed by atoms with Gasteiger partial charge in [0.15, 0.2) is 0 Å². The third-order valence-electron chi connectivity index (χ3n) is 3.76. The number of carboxylic acids is 1. The van der Waals surface area contributed by atoms with Crippen molar-refractivity contribution in [3.05, 3.63) is 29.3 Å². The van der Waals surface area contributed by atoms with Crippen molar-refractivity contribution >= 4 is 16.0 Å². The Balaban J connectivity index is 2.25. The first-order valence-electron chi connectivity index (χ1n) is 6.63. The topological polar surface area (TPSA) is 83.5 Å². The minimum absolute atomic E-state index is 0.221. The van der Waals surface area contributed by atoms with Gasteiger partial charge in [-0.25, -0.2) is 13.1 Å². The van der Waals surface area contributed by atoms with E-state index >= 15 is 0 Å². The van der Waals surface area contributed by atoms with E-state index in [1.165, 1.54) is 0 Å². The maximum atomic E-state index is 12.4. The van der Waals surface area contributed by atoms with Crippen molar-refractivity contribution < 1.29 is 18.3 Å². The molecular formula is C14H19NO4S. The van der Waals surface area contributed by atoms with Crippen LogP contribution in [-0.4, -0.2) is 25.5 Å². The number of hydrogen-bond donors (Lipinski definition) is 2. The molecule has 1 fully saturated rings. The standard InChI is InChI=1S/C14H19NO4S/c1-9-6-7-13(10(2)8-9)20(18,19)15-12-5-3-4-11(12)14(16)17/h6-8,11-12,15H,3-5H2,1-2H3,(H,16,17). The van der Waals surface area contributed by atoms with Crippen LogP contribution >= 0.6 is 0 Å². The maximum Gasteiger partial charge on any atom is 0.308 e. The lowest BCUT2D eigenvalue weighted by molar-refractivity contribution is -0.141. The lowest BCUT2D eigenvalue weighted by Gasteiger charge is -2.18. The number of nitrogens with one attached hydrogen (secondary N) is 1. The van der Waals surface area contributed by atoms with Crippen LogP contribution in [0.2, 0.25) is 0 Å². The number of rotatable bonds is 4. The Morgan fingerprint density at radius 1 is 1.30 bits per heavy atom. The smallest absolute Gasteiger partial charge is 0.308 e. The second-order valence-corrected chi connectivity index (χ2v) is 7.05. The first-order chi connectivity index (χ1) is 9.31. The van der Waals surface area contributed by atoms with Crippen molar-refractivity contribution in [3.8, 4) is 0 Å². The molecule has 2 unspecified atom stereocenters. The van der Waals surface area contributed by atoms with Crippen LogP contribution in [0.5, 0.6) is 0 Å². The third kappa shape index (κ3) is 3.02. The average Bonchev–Trinajstić information content (AvgIpc) is 2.75. The van der Waals surface area contributed by atoms with E-state index in [0.29, 0.717) is 18.4 Å². The quantitative estimate of drug-likeness (QED) is 0.888. The summed E-state index contributed by atoms with van der Waals surface area (Å²) in [6.45, 7) is 3.64. The summed E-state index contributed by atoms with van der Waals surface area (Å²) in [4.78, 5) is 11.3. The van der Waals surface area contributed by atoms with Crippen molar-refractivity contribution in [2.24, 2.45) is 5.92 Å². The molecule has 1 saturated carbocycles. The molecule has 1 aromatic rings. The normalized spacial score (nSPS) is 22.9. The Morgan fingerprint density at radius 3 is 2.60 bits per heavy atom. The van der Waals surface area contributed by atoms with E-state index in [2.05, 4.69) is 4.72 Å². The van der Waals surface area contributed by atoms with Crippen LogP contribution in [0.15, 0.2) is 23.1 Å². The van der Waals surface area contributed by atoms with Gasteiger partial charge in [-0.05, 0) is 38.3 Å². The van der Waals surface area contributed by atoms with Gasteiger partial charge in [0, 0.05) is 6.04 Å². The zero-order valence-corrected chi connectivity index (χ0v) is 12.4. The highest BCUT2D eigenvalue weighted by Gasteiger charge is 2.36. The van der Waals surface area contributed by atoms with Crippen LogP contribution in [-0.2, 0) is 14.8 Å². The molecule has 110 valence electrons. The molecule has 20 heavy (non-hydrogen) atoms. The summed E-state index contributed by atoms with van der Waals surface area (Å²) in [5.41, 5.74) is 1.66. The molecule has 1 aromatic carbocycles. The molecule has 0 amide bonds. The van der Waals surface area contributed by atoms with Crippen molar-refractivity contribution in [3.63, 3.8) is 0 Å². The number of hydrogen-bond acceptors (Lipinski definition) is 3. The molecule has 5 nitrogen and oxygen atoms in total. The van der Waals surface area contributed by atoms with Gasteiger partial charge in [0.2, 0.25) is 10.0 Å². The summed E-state index contributed by atoms with van der Waals surface area (Å²) in [5, 5.41) is 9.11. The lowest BCUT2D eigenvalue weighted by atomic mass is 10.1. The summed E-state index contributed by atoms with van der Waals surface area (Å²) < 4.78 is 27.3. The number of carboxylic acid groups (broad SMARTS) is 1. The Bertz CT molecular complexity index is 624. The number of carbonyl (C=O) groups is 1. The van der Waals surface area contributed by atoms with Gasteiger partial charge in [-0.3, -0.25) is 4.79 Å². The largest absolute Gasteiger partial charge is 0.481 e. The summed E-state index contributed by atoms with van der Waals surface area (Å²) in [6.07, 6.45) is 1.83. The highest BCUT2D eigenvalue weighted by molar-refractivity contribution is 7.89. The first kappa shape index (κ1) is 15.0. The predicted octanol–water partition coefficient (Wildman–Crippen LogP) is 1.84. The van der Waals surface area contributed by atoms with Crippen LogP contribution < -0.4 is 4.72 Å². The monoisotopic (exact) mass is 297 g/mol. The van der Waals surface area contributed by atoms with E-state index in [4.69, 9.17) is 5.11 Å². The van der Waals surface area contributed by atoms with Gasteiger partial charge in [0.1, 0.15) is 0 Å². The maximum absolute atomic E-state index is 12.4. The fraction of sp³-hybridized carbons (Fsp3) is 0.500. The Hall–Kier alpha value is -1.40.